The van der Waals surface area contributed by atoms with Crippen molar-refractivity contribution in [3.8, 4) is 11.5 Å². The van der Waals surface area contributed by atoms with E-state index in [1.807, 2.05) is 0 Å². The van der Waals surface area contributed by atoms with Crippen LogP contribution in [0.3, 0.4) is 0 Å². The van der Waals surface area contributed by atoms with Gasteiger partial charge in [0.05, 0.1) is 19.1 Å². The largest absolute Gasteiger partial charge is 0.493 e. The fraction of sp³-hybridized carbons (Fsp3) is 0.400. The summed E-state index contributed by atoms with van der Waals surface area (Å²) in [6, 6.07) is 1.08. The maximum Gasteiger partial charge on any atom is 0.306 e. The summed E-state index contributed by atoms with van der Waals surface area (Å²) in [6.45, 7) is 1.50. The zero-order chi connectivity index (χ0) is 15.0. The van der Waals surface area contributed by atoms with E-state index in [4.69, 9.17) is 14.7 Å². The SMILES string of the molecule is COc1c(S(C)(=O)=O)cc(OS(C)(=O)=O)c(C)c1N. The van der Waals surface area contributed by atoms with Gasteiger partial charge in [0.15, 0.2) is 15.6 Å². The van der Waals surface area contributed by atoms with Crippen LogP contribution in [0.2, 0.25) is 0 Å². The summed E-state index contributed by atoms with van der Waals surface area (Å²) < 4.78 is 55.3. The Hall–Kier alpha value is -1.48. The van der Waals surface area contributed by atoms with Gasteiger partial charge < -0.3 is 14.7 Å². The molecule has 108 valence electrons. The Labute approximate surface area is 112 Å². The first-order valence-electron chi connectivity index (χ1n) is 5.04. The summed E-state index contributed by atoms with van der Waals surface area (Å²) in [6.07, 6.45) is 1.82. The second kappa shape index (κ2) is 4.89. The highest BCUT2D eigenvalue weighted by Gasteiger charge is 2.23. The molecular formula is C10H15NO6S2. The van der Waals surface area contributed by atoms with Crippen molar-refractivity contribution >= 4 is 25.6 Å². The molecule has 0 bridgehead atoms. The van der Waals surface area contributed by atoms with E-state index in [1.54, 1.807) is 0 Å². The quantitative estimate of drug-likeness (QED) is 0.629. The highest BCUT2D eigenvalue weighted by molar-refractivity contribution is 7.90. The number of sulfone groups is 1. The van der Waals surface area contributed by atoms with Crippen LogP contribution in [-0.2, 0) is 20.0 Å². The van der Waals surface area contributed by atoms with E-state index in [1.165, 1.54) is 14.0 Å². The van der Waals surface area contributed by atoms with Gasteiger partial charge in [-0.15, -0.1) is 0 Å². The van der Waals surface area contributed by atoms with Gasteiger partial charge in [-0.25, -0.2) is 8.42 Å². The molecule has 0 aliphatic heterocycles. The molecule has 0 radical (unpaired) electrons. The lowest BCUT2D eigenvalue weighted by molar-refractivity contribution is 0.403. The average Bonchev–Trinajstić information content (AvgIpc) is 2.21. The van der Waals surface area contributed by atoms with Gasteiger partial charge in [0.25, 0.3) is 0 Å². The number of ether oxygens (including phenoxy) is 1. The van der Waals surface area contributed by atoms with Crippen LogP contribution in [0, 0.1) is 6.92 Å². The maximum atomic E-state index is 11.7. The second-order valence-electron chi connectivity index (χ2n) is 4.00. The Morgan fingerprint density at radius 3 is 2.05 bits per heavy atom. The number of methoxy groups -OCH3 is 1. The van der Waals surface area contributed by atoms with Crippen LogP contribution in [0.1, 0.15) is 5.56 Å². The first-order chi connectivity index (χ1) is 8.47. The van der Waals surface area contributed by atoms with E-state index in [2.05, 4.69) is 0 Å². The molecule has 0 saturated heterocycles. The first-order valence-corrected chi connectivity index (χ1v) is 8.74. The van der Waals surface area contributed by atoms with Crippen LogP contribution in [0.5, 0.6) is 11.5 Å². The van der Waals surface area contributed by atoms with Gasteiger partial charge in [-0.3, -0.25) is 0 Å². The summed E-state index contributed by atoms with van der Waals surface area (Å²) in [5.41, 5.74) is 6.05. The fourth-order valence-corrected chi connectivity index (χ4v) is 2.81. The van der Waals surface area contributed by atoms with Crippen LogP contribution >= 0.6 is 0 Å². The Balaban J connectivity index is 3.67. The van der Waals surface area contributed by atoms with E-state index < -0.39 is 20.0 Å². The molecule has 0 fully saturated rings. The molecule has 0 spiro atoms. The molecular weight excluding hydrogens is 294 g/mol. The third-order valence-electron chi connectivity index (χ3n) is 2.35. The lowest BCUT2D eigenvalue weighted by atomic mass is 10.1. The van der Waals surface area contributed by atoms with Crippen LogP contribution in [0.25, 0.3) is 0 Å². The molecule has 19 heavy (non-hydrogen) atoms. The zero-order valence-electron chi connectivity index (χ0n) is 10.9. The van der Waals surface area contributed by atoms with Crippen LogP contribution in [0.15, 0.2) is 11.0 Å². The summed E-state index contributed by atoms with van der Waals surface area (Å²) >= 11 is 0. The van der Waals surface area contributed by atoms with Crippen molar-refractivity contribution in [2.45, 2.75) is 11.8 Å². The van der Waals surface area contributed by atoms with Gasteiger partial charge in [0.2, 0.25) is 0 Å². The van der Waals surface area contributed by atoms with Crippen LogP contribution in [-0.4, -0.2) is 36.5 Å². The number of nitrogens with two attached hydrogens (primary N) is 1. The van der Waals surface area contributed by atoms with Gasteiger partial charge in [0, 0.05) is 17.9 Å². The summed E-state index contributed by atoms with van der Waals surface area (Å²) in [4.78, 5) is -0.225. The van der Waals surface area contributed by atoms with Crippen molar-refractivity contribution in [3.05, 3.63) is 11.6 Å². The minimum atomic E-state index is -3.79. The van der Waals surface area contributed by atoms with Gasteiger partial charge in [-0.05, 0) is 6.92 Å². The Bertz CT molecular complexity index is 706. The molecule has 0 amide bonds. The Morgan fingerprint density at radius 2 is 1.68 bits per heavy atom. The molecule has 0 unspecified atom stereocenters. The first kappa shape index (κ1) is 15.6. The molecule has 7 nitrogen and oxygen atoms in total. The highest BCUT2D eigenvalue weighted by atomic mass is 32.2. The van der Waals surface area contributed by atoms with Gasteiger partial charge in [-0.2, -0.15) is 8.42 Å². The molecule has 2 N–H and O–H groups in total. The molecule has 0 saturated carbocycles. The third kappa shape index (κ3) is 3.51. The van der Waals surface area contributed by atoms with E-state index in [-0.39, 0.29) is 27.6 Å². The molecule has 0 heterocycles. The molecule has 9 heteroatoms. The molecule has 1 aromatic rings. The summed E-state index contributed by atoms with van der Waals surface area (Å²) in [5, 5.41) is 0. The number of nitrogen functional groups attached to an aromatic ring is 1. The fourth-order valence-electron chi connectivity index (χ4n) is 1.46. The van der Waals surface area contributed by atoms with Crippen molar-refractivity contribution in [3.63, 3.8) is 0 Å². The maximum absolute atomic E-state index is 11.7. The highest BCUT2D eigenvalue weighted by Crippen LogP contribution is 2.39. The molecule has 0 atom stereocenters. The molecule has 0 aliphatic carbocycles. The number of hydrogen-bond donors (Lipinski definition) is 1. The van der Waals surface area contributed by atoms with Crippen molar-refractivity contribution in [1.29, 1.82) is 0 Å². The average molecular weight is 309 g/mol. The van der Waals surface area contributed by atoms with Crippen LogP contribution < -0.4 is 14.7 Å². The predicted octanol–water partition coefficient (Wildman–Crippen LogP) is 0.328. The second-order valence-corrected chi connectivity index (χ2v) is 7.56. The van der Waals surface area contributed by atoms with Crippen LogP contribution in [0.4, 0.5) is 5.69 Å². The minimum absolute atomic E-state index is 0.0177. The smallest absolute Gasteiger partial charge is 0.306 e. The van der Waals surface area contributed by atoms with Crippen molar-refractivity contribution in [2.24, 2.45) is 0 Å². The minimum Gasteiger partial charge on any atom is -0.493 e. The Morgan fingerprint density at radius 1 is 1.16 bits per heavy atom. The van der Waals surface area contributed by atoms with E-state index in [0.29, 0.717) is 0 Å². The summed E-state index contributed by atoms with van der Waals surface area (Å²) in [7, 11) is -6.16. The van der Waals surface area contributed by atoms with Crippen molar-refractivity contribution < 1.29 is 25.8 Å². The Kier molecular flexibility index (Phi) is 4.01. The standard InChI is InChI=1S/C10H15NO6S2/c1-6-7(17-19(4,14)15)5-8(18(3,12)13)10(16-2)9(6)11/h5H,11H2,1-4H3. The number of rotatable bonds is 4. The monoisotopic (exact) mass is 309 g/mol. The van der Waals surface area contributed by atoms with Crippen molar-refractivity contribution in [1.82, 2.24) is 0 Å². The number of benzene rings is 1. The van der Waals surface area contributed by atoms with Crippen molar-refractivity contribution in [2.75, 3.05) is 25.4 Å². The topological polar surface area (TPSA) is 113 Å². The molecule has 0 aromatic heterocycles. The predicted molar refractivity (Wildman–Crippen MR) is 70.7 cm³/mol. The van der Waals surface area contributed by atoms with E-state index in [9.17, 15) is 16.8 Å². The van der Waals surface area contributed by atoms with E-state index >= 15 is 0 Å². The molecule has 1 aromatic carbocycles. The number of hydrogen-bond acceptors (Lipinski definition) is 7. The normalized spacial score (nSPS) is 12.2. The lowest BCUT2D eigenvalue weighted by Gasteiger charge is -2.15. The van der Waals surface area contributed by atoms with E-state index in [0.717, 1.165) is 18.6 Å². The molecule has 0 aliphatic rings. The summed E-state index contributed by atoms with van der Waals surface area (Å²) in [5.74, 6) is -0.165. The lowest BCUT2D eigenvalue weighted by Crippen LogP contribution is -2.11. The number of anilines is 1. The van der Waals surface area contributed by atoms with Gasteiger partial charge >= 0.3 is 10.1 Å². The zero-order valence-corrected chi connectivity index (χ0v) is 12.6. The van der Waals surface area contributed by atoms with Gasteiger partial charge in [0.1, 0.15) is 10.6 Å². The third-order valence-corrected chi connectivity index (χ3v) is 3.93. The van der Waals surface area contributed by atoms with Gasteiger partial charge in [-0.1, -0.05) is 0 Å². The molecule has 1 rings (SSSR count).